The van der Waals surface area contributed by atoms with E-state index < -0.39 is 0 Å². The van der Waals surface area contributed by atoms with Crippen LogP contribution in [0.5, 0.6) is 0 Å². The molecular weight excluding hydrogens is 402 g/mol. The van der Waals surface area contributed by atoms with E-state index in [1.54, 1.807) is 0 Å². The van der Waals surface area contributed by atoms with Crippen molar-refractivity contribution in [2.75, 3.05) is 50.0 Å². The molecular formula is C25H31N5S. The topological polar surface area (TPSA) is 43.4 Å². The lowest BCUT2D eigenvalue weighted by molar-refractivity contribution is 0.312. The summed E-state index contributed by atoms with van der Waals surface area (Å²) in [6.45, 7) is 9.29. The quantitative estimate of drug-likeness (QED) is 0.590. The standard InChI is InChI=1S/C25H31N5S/c1-18-5-4-6-20(15-18)9-10-26-25(31)27-21-7-8-23-22(17-21)19(2)16-24(28-23)30-13-11-29(3)12-14-30/h4-8,15-17H,9-14H2,1-3H3,(H2,26,27,31). The van der Waals surface area contributed by atoms with Crippen molar-refractivity contribution in [2.45, 2.75) is 20.3 Å². The molecule has 0 aliphatic carbocycles. The number of hydrogen-bond acceptors (Lipinski definition) is 4. The highest BCUT2D eigenvalue weighted by molar-refractivity contribution is 7.80. The molecule has 1 fully saturated rings. The number of rotatable bonds is 5. The van der Waals surface area contributed by atoms with Crippen molar-refractivity contribution in [3.63, 3.8) is 0 Å². The summed E-state index contributed by atoms with van der Waals surface area (Å²) in [5, 5.41) is 8.43. The first-order valence-electron chi connectivity index (χ1n) is 10.9. The normalized spacial score (nSPS) is 14.6. The number of thiocarbonyl (C=S) groups is 1. The largest absolute Gasteiger partial charge is 0.362 e. The Morgan fingerprint density at radius 3 is 2.61 bits per heavy atom. The number of pyridine rings is 1. The number of nitrogens with one attached hydrogen (secondary N) is 2. The molecule has 0 spiro atoms. The molecule has 5 nitrogen and oxygen atoms in total. The molecule has 2 aromatic carbocycles. The van der Waals surface area contributed by atoms with Gasteiger partial charge in [-0.1, -0.05) is 29.8 Å². The fourth-order valence-corrected chi connectivity index (χ4v) is 4.23. The van der Waals surface area contributed by atoms with E-state index in [9.17, 15) is 0 Å². The summed E-state index contributed by atoms with van der Waals surface area (Å²) in [6, 6.07) is 17.1. The van der Waals surface area contributed by atoms with Gasteiger partial charge in [0.05, 0.1) is 5.52 Å². The predicted octanol–water partition coefficient (Wildman–Crippen LogP) is 4.13. The zero-order chi connectivity index (χ0) is 21.8. The summed E-state index contributed by atoms with van der Waals surface area (Å²) in [6.07, 6.45) is 0.944. The van der Waals surface area contributed by atoms with Crippen molar-refractivity contribution < 1.29 is 0 Å². The summed E-state index contributed by atoms with van der Waals surface area (Å²) >= 11 is 5.50. The van der Waals surface area contributed by atoms with E-state index >= 15 is 0 Å². The number of piperazine rings is 1. The van der Waals surface area contributed by atoms with Crippen LogP contribution >= 0.6 is 12.2 Å². The van der Waals surface area contributed by atoms with Crippen LogP contribution in [0.15, 0.2) is 48.5 Å². The lowest BCUT2D eigenvalue weighted by Crippen LogP contribution is -2.44. The van der Waals surface area contributed by atoms with Crippen LogP contribution in [-0.4, -0.2) is 54.8 Å². The van der Waals surface area contributed by atoms with Gasteiger partial charge in [-0.2, -0.15) is 0 Å². The zero-order valence-electron chi connectivity index (χ0n) is 18.6. The number of likely N-dealkylation sites (N-methyl/N-ethyl adjacent to an activating group) is 1. The second kappa shape index (κ2) is 9.62. The molecule has 0 radical (unpaired) electrons. The molecule has 2 heterocycles. The molecule has 0 atom stereocenters. The van der Waals surface area contributed by atoms with Crippen LogP contribution in [0.2, 0.25) is 0 Å². The lowest BCUT2D eigenvalue weighted by atomic mass is 10.1. The smallest absolute Gasteiger partial charge is 0.170 e. The van der Waals surface area contributed by atoms with Crippen LogP contribution in [0.4, 0.5) is 11.5 Å². The van der Waals surface area contributed by atoms with Gasteiger partial charge in [0.2, 0.25) is 0 Å². The zero-order valence-corrected chi connectivity index (χ0v) is 19.4. The number of fused-ring (bicyclic) bond motifs is 1. The first kappa shape index (κ1) is 21.5. The Kier molecular flexibility index (Phi) is 6.68. The van der Waals surface area contributed by atoms with Crippen LogP contribution in [-0.2, 0) is 6.42 Å². The summed E-state index contributed by atoms with van der Waals surface area (Å²) < 4.78 is 0. The molecule has 6 heteroatoms. The van der Waals surface area contributed by atoms with E-state index in [1.165, 1.54) is 16.7 Å². The van der Waals surface area contributed by atoms with Crippen molar-refractivity contribution in [1.82, 2.24) is 15.2 Å². The van der Waals surface area contributed by atoms with Crippen molar-refractivity contribution in [3.8, 4) is 0 Å². The van der Waals surface area contributed by atoms with Gasteiger partial charge in [0.1, 0.15) is 5.82 Å². The van der Waals surface area contributed by atoms with Gasteiger partial charge in [-0.25, -0.2) is 4.98 Å². The summed E-state index contributed by atoms with van der Waals surface area (Å²) in [5.41, 5.74) is 5.85. The Balaban J connectivity index is 1.38. The SMILES string of the molecule is Cc1cccc(CCNC(=S)Nc2ccc3nc(N4CCN(C)CC4)cc(C)c3c2)c1. The molecule has 3 aromatic rings. The maximum absolute atomic E-state index is 5.50. The second-order valence-corrected chi connectivity index (χ2v) is 8.85. The maximum atomic E-state index is 5.50. The van der Waals surface area contributed by atoms with Crippen LogP contribution in [0.25, 0.3) is 10.9 Å². The molecule has 4 rings (SSSR count). The number of hydrogen-bond donors (Lipinski definition) is 2. The Labute approximate surface area is 190 Å². The van der Waals surface area contributed by atoms with Crippen molar-refractivity contribution in [1.29, 1.82) is 0 Å². The fourth-order valence-electron chi connectivity index (χ4n) is 4.02. The van der Waals surface area contributed by atoms with Gasteiger partial charge in [-0.3, -0.25) is 0 Å². The van der Waals surface area contributed by atoms with E-state index in [0.29, 0.717) is 5.11 Å². The minimum atomic E-state index is 0.645. The molecule has 0 bridgehead atoms. The van der Waals surface area contributed by atoms with E-state index in [-0.39, 0.29) is 0 Å². The van der Waals surface area contributed by atoms with Gasteiger partial charge < -0.3 is 20.4 Å². The second-order valence-electron chi connectivity index (χ2n) is 8.44. The van der Waals surface area contributed by atoms with Crippen molar-refractivity contribution in [2.24, 2.45) is 0 Å². The Morgan fingerprint density at radius 1 is 1.03 bits per heavy atom. The number of nitrogens with zero attached hydrogens (tertiary/aromatic N) is 3. The van der Waals surface area contributed by atoms with Crippen LogP contribution in [0, 0.1) is 13.8 Å². The Bertz CT molecular complexity index is 1070. The molecule has 0 amide bonds. The van der Waals surface area contributed by atoms with E-state index in [2.05, 4.69) is 89.9 Å². The highest BCUT2D eigenvalue weighted by Gasteiger charge is 2.16. The highest BCUT2D eigenvalue weighted by atomic mass is 32.1. The number of benzene rings is 2. The minimum absolute atomic E-state index is 0.645. The summed E-state index contributed by atoms with van der Waals surface area (Å²) in [7, 11) is 2.17. The average molecular weight is 434 g/mol. The van der Waals surface area contributed by atoms with Gasteiger partial charge in [0, 0.05) is 43.8 Å². The average Bonchev–Trinajstić information content (AvgIpc) is 2.74. The highest BCUT2D eigenvalue weighted by Crippen LogP contribution is 2.26. The fraction of sp³-hybridized carbons (Fsp3) is 0.360. The Hall–Kier alpha value is -2.70. The van der Waals surface area contributed by atoms with Crippen molar-refractivity contribution in [3.05, 3.63) is 65.2 Å². The molecule has 1 aliphatic rings. The molecule has 1 aromatic heterocycles. The first-order chi connectivity index (χ1) is 15.0. The molecule has 31 heavy (non-hydrogen) atoms. The predicted molar refractivity (Wildman–Crippen MR) is 135 cm³/mol. The molecule has 162 valence electrons. The lowest BCUT2D eigenvalue weighted by Gasteiger charge is -2.33. The van der Waals surface area contributed by atoms with Crippen LogP contribution < -0.4 is 15.5 Å². The van der Waals surface area contributed by atoms with Gasteiger partial charge in [-0.05, 0) is 74.9 Å². The monoisotopic (exact) mass is 433 g/mol. The Morgan fingerprint density at radius 2 is 1.84 bits per heavy atom. The van der Waals surface area contributed by atoms with Crippen molar-refractivity contribution >= 4 is 39.7 Å². The number of anilines is 2. The van der Waals surface area contributed by atoms with E-state index in [4.69, 9.17) is 17.2 Å². The van der Waals surface area contributed by atoms with Crippen LogP contribution in [0.1, 0.15) is 16.7 Å². The molecule has 0 saturated carbocycles. The third-order valence-electron chi connectivity index (χ3n) is 5.87. The first-order valence-corrected chi connectivity index (χ1v) is 11.3. The molecule has 2 N–H and O–H groups in total. The van der Waals surface area contributed by atoms with Gasteiger partial charge in [0.25, 0.3) is 0 Å². The van der Waals surface area contributed by atoms with E-state index in [1.807, 2.05) is 0 Å². The minimum Gasteiger partial charge on any atom is -0.362 e. The van der Waals surface area contributed by atoms with Gasteiger partial charge >= 0.3 is 0 Å². The number of aromatic nitrogens is 1. The van der Waals surface area contributed by atoms with E-state index in [0.717, 1.165) is 61.6 Å². The third-order valence-corrected chi connectivity index (χ3v) is 6.12. The van der Waals surface area contributed by atoms with Gasteiger partial charge in [0.15, 0.2) is 5.11 Å². The van der Waals surface area contributed by atoms with Gasteiger partial charge in [-0.15, -0.1) is 0 Å². The molecule has 0 unspecified atom stereocenters. The van der Waals surface area contributed by atoms with Crippen LogP contribution in [0.3, 0.4) is 0 Å². The third kappa shape index (κ3) is 5.51. The number of aryl methyl sites for hydroxylation is 2. The maximum Gasteiger partial charge on any atom is 0.170 e. The molecule has 1 aliphatic heterocycles. The summed E-state index contributed by atoms with van der Waals surface area (Å²) in [4.78, 5) is 9.67. The summed E-state index contributed by atoms with van der Waals surface area (Å²) in [5.74, 6) is 1.08. The molecule has 1 saturated heterocycles.